The van der Waals surface area contributed by atoms with Crippen LogP contribution in [-0.4, -0.2) is 46.3 Å². The second kappa shape index (κ2) is 9.10. The maximum absolute atomic E-state index is 11.8. The monoisotopic (exact) mass is 269 g/mol. The van der Waals surface area contributed by atoms with E-state index >= 15 is 0 Å². The van der Waals surface area contributed by atoms with Crippen LogP contribution < -0.4 is 0 Å². The molecule has 4 nitrogen and oxygen atoms in total. The Morgan fingerprint density at radius 3 is 2.53 bits per heavy atom. The van der Waals surface area contributed by atoms with E-state index in [9.17, 15) is 15.0 Å². The van der Waals surface area contributed by atoms with Gasteiger partial charge in [0.1, 0.15) is 0 Å². The molecule has 1 heterocycles. The quantitative estimate of drug-likeness (QED) is 0.548. The second-order valence-electron chi connectivity index (χ2n) is 5.30. The number of aliphatic hydroxyl groups excluding tert-OH is 2. The van der Waals surface area contributed by atoms with Crippen molar-refractivity contribution >= 4 is 5.91 Å². The molecule has 1 saturated heterocycles. The Morgan fingerprint density at radius 2 is 1.89 bits per heavy atom. The first-order valence-electron chi connectivity index (χ1n) is 7.48. The standard InChI is InChI=1S/C15H27NO3/c1-2-3-5-8-13(17)14(18)9-10-15(19)16-11-6-4-7-12-16/h9-10,13-14,17-18H,2-8,11-12H2,1H3. The summed E-state index contributed by atoms with van der Waals surface area (Å²) in [5.74, 6) is -0.0560. The van der Waals surface area contributed by atoms with E-state index in [1.54, 1.807) is 4.90 Å². The lowest BCUT2D eigenvalue weighted by Crippen LogP contribution is -2.34. The van der Waals surface area contributed by atoms with Crippen LogP contribution in [-0.2, 0) is 4.79 Å². The van der Waals surface area contributed by atoms with Crippen molar-refractivity contribution in [3.05, 3.63) is 12.2 Å². The van der Waals surface area contributed by atoms with Crippen molar-refractivity contribution in [2.75, 3.05) is 13.1 Å². The highest BCUT2D eigenvalue weighted by Crippen LogP contribution is 2.10. The minimum Gasteiger partial charge on any atom is -0.390 e. The van der Waals surface area contributed by atoms with Crippen molar-refractivity contribution in [1.29, 1.82) is 0 Å². The number of unbranched alkanes of at least 4 members (excludes halogenated alkanes) is 2. The van der Waals surface area contributed by atoms with Gasteiger partial charge in [0, 0.05) is 19.2 Å². The Labute approximate surface area is 116 Å². The lowest BCUT2D eigenvalue weighted by atomic mass is 10.1. The Hall–Kier alpha value is -0.870. The predicted octanol–water partition coefficient (Wildman–Crippen LogP) is 1.86. The van der Waals surface area contributed by atoms with E-state index in [1.807, 2.05) is 0 Å². The number of hydrogen-bond donors (Lipinski definition) is 2. The third-order valence-electron chi connectivity index (χ3n) is 3.60. The van der Waals surface area contributed by atoms with Gasteiger partial charge in [0.05, 0.1) is 12.2 Å². The van der Waals surface area contributed by atoms with Crippen LogP contribution in [0.2, 0.25) is 0 Å². The normalized spacial score (nSPS) is 19.6. The largest absolute Gasteiger partial charge is 0.390 e. The molecular formula is C15H27NO3. The van der Waals surface area contributed by atoms with Gasteiger partial charge in [0.2, 0.25) is 5.91 Å². The average molecular weight is 269 g/mol. The second-order valence-corrected chi connectivity index (χ2v) is 5.30. The predicted molar refractivity (Wildman–Crippen MR) is 75.7 cm³/mol. The maximum atomic E-state index is 11.8. The summed E-state index contributed by atoms with van der Waals surface area (Å²) in [5, 5.41) is 19.5. The minimum absolute atomic E-state index is 0.0560. The molecule has 0 radical (unpaired) electrons. The molecule has 0 aliphatic carbocycles. The first-order chi connectivity index (χ1) is 9.15. The Morgan fingerprint density at radius 1 is 1.21 bits per heavy atom. The fraction of sp³-hybridized carbons (Fsp3) is 0.800. The van der Waals surface area contributed by atoms with Gasteiger partial charge in [-0.3, -0.25) is 4.79 Å². The van der Waals surface area contributed by atoms with Gasteiger partial charge in [-0.25, -0.2) is 0 Å². The number of piperidine rings is 1. The van der Waals surface area contributed by atoms with Crippen LogP contribution in [0.15, 0.2) is 12.2 Å². The molecule has 19 heavy (non-hydrogen) atoms. The summed E-state index contributed by atoms with van der Waals surface area (Å²) in [6, 6.07) is 0. The highest BCUT2D eigenvalue weighted by atomic mass is 16.3. The van der Waals surface area contributed by atoms with Crippen LogP contribution >= 0.6 is 0 Å². The fourth-order valence-corrected chi connectivity index (χ4v) is 2.30. The molecule has 1 rings (SSSR count). The number of nitrogens with zero attached hydrogens (tertiary/aromatic N) is 1. The molecule has 2 N–H and O–H groups in total. The first-order valence-corrected chi connectivity index (χ1v) is 7.48. The molecule has 1 aliphatic rings. The summed E-state index contributed by atoms with van der Waals surface area (Å²) in [4.78, 5) is 13.6. The van der Waals surface area contributed by atoms with Crippen molar-refractivity contribution in [3.8, 4) is 0 Å². The summed E-state index contributed by atoms with van der Waals surface area (Å²) >= 11 is 0. The fourth-order valence-electron chi connectivity index (χ4n) is 2.30. The lowest BCUT2D eigenvalue weighted by molar-refractivity contribution is -0.126. The summed E-state index contributed by atoms with van der Waals surface area (Å²) in [6.07, 6.45) is 8.05. The first kappa shape index (κ1) is 16.2. The summed E-state index contributed by atoms with van der Waals surface area (Å²) < 4.78 is 0. The van der Waals surface area contributed by atoms with Crippen LogP contribution in [0, 0.1) is 0 Å². The Balaban J connectivity index is 2.30. The van der Waals surface area contributed by atoms with Crippen molar-refractivity contribution in [2.24, 2.45) is 0 Å². The van der Waals surface area contributed by atoms with Crippen LogP contribution in [0.1, 0.15) is 51.9 Å². The number of aliphatic hydroxyl groups is 2. The lowest BCUT2D eigenvalue weighted by Gasteiger charge is -2.25. The zero-order valence-corrected chi connectivity index (χ0v) is 11.9. The highest BCUT2D eigenvalue weighted by molar-refractivity contribution is 5.87. The van der Waals surface area contributed by atoms with Gasteiger partial charge in [-0.1, -0.05) is 26.2 Å². The number of carbonyl (C=O) groups is 1. The maximum Gasteiger partial charge on any atom is 0.246 e. The van der Waals surface area contributed by atoms with E-state index in [0.717, 1.165) is 45.2 Å². The van der Waals surface area contributed by atoms with Gasteiger partial charge in [0.15, 0.2) is 0 Å². The molecule has 0 aromatic carbocycles. The number of amides is 1. The minimum atomic E-state index is -0.939. The number of rotatable bonds is 7. The third kappa shape index (κ3) is 6.21. The smallest absolute Gasteiger partial charge is 0.246 e. The third-order valence-corrected chi connectivity index (χ3v) is 3.60. The molecular weight excluding hydrogens is 242 g/mol. The SMILES string of the molecule is CCCCCC(O)C(O)C=CC(=O)N1CCCCC1. The molecule has 1 fully saturated rings. The zero-order valence-electron chi connectivity index (χ0n) is 11.9. The van der Waals surface area contributed by atoms with E-state index in [4.69, 9.17) is 0 Å². The van der Waals surface area contributed by atoms with E-state index in [1.165, 1.54) is 18.6 Å². The number of carbonyl (C=O) groups excluding carboxylic acids is 1. The van der Waals surface area contributed by atoms with Crippen LogP contribution in [0.3, 0.4) is 0 Å². The number of likely N-dealkylation sites (tertiary alicyclic amines) is 1. The van der Waals surface area contributed by atoms with Crippen LogP contribution in [0.25, 0.3) is 0 Å². The highest BCUT2D eigenvalue weighted by Gasteiger charge is 2.16. The number of hydrogen-bond acceptors (Lipinski definition) is 3. The molecule has 4 heteroatoms. The van der Waals surface area contributed by atoms with Crippen molar-refractivity contribution < 1.29 is 15.0 Å². The van der Waals surface area contributed by atoms with Crippen LogP contribution in [0.4, 0.5) is 0 Å². The van der Waals surface area contributed by atoms with Crippen molar-refractivity contribution in [1.82, 2.24) is 4.90 Å². The molecule has 0 aromatic heterocycles. The van der Waals surface area contributed by atoms with E-state index in [2.05, 4.69) is 6.92 Å². The summed E-state index contributed by atoms with van der Waals surface area (Å²) in [6.45, 7) is 3.71. The molecule has 2 atom stereocenters. The Bertz CT molecular complexity index is 285. The summed E-state index contributed by atoms with van der Waals surface area (Å²) in [7, 11) is 0. The topological polar surface area (TPSA) is 60.8 Å². The van der Waals surface area contributed by atoms with Crippen molar-refractivity contribution in [2.45, 2.75) is 64.1 Å². The Kier molecular flexibility index (Phi) is 7.75. The molecule has 110 valence electrons. The molecule has 1 amide bonds. The zero-order chi connectivity index (χ0) is 14.1. The van der Waals surface area contributed by atoms with E-state index in [0.29, 0.717) is 6.42 Å². The van der Waals surface area contributed by atoms with Gasteiger partial charge < -0.3 is 15.1 Å². The average Bonchev–Trinajstić information content (AvgIpc) is 2.45. The van der Waals surface area contributed by atoms with Gasteiger partial charge in [0.25, 0.3) is 0 Å². The summed E-state index contributed by atoms with van der Waals surface area (Å²) in [5.41, 5.74) is 0. The van der Waals surface area contributed by atoms with Gasteiger partial charge in [-0.05, 0) is 31.8 Å². The molecule has 0 spiro atoms. The van der Waals surface area contributed by atoms with Gasteiger partial charge in [-0.15, -0.1) is 0 Å². The van der Waals surface area contributed by atoms with Crippen molar-refractivity contribution in [3.63, 3.8) is 0 Å². The molecule has 2 unspecified atom stereocenters. The van der Waals surface area contributed by atoms with E-state index in [-0.39, 0.29) is 5.91 Å². The molecule has 1 aliphatic heterocycles. The van der Waals surface area contributed by atoms with E-state index < -0.39 is 12.2 Å². The molecule has 0 saturated carbocycles. The van der Waals surface area contributed by atoms with Gasteiger partial charge >= 0.3 is 0 Å². The van der Waals surface area contributed by atoms with Crippen LogP contribution in [0.5, 0.6) is 0 Å². The van der Waals surface area contributed by atoms with Gasteiger partial charge in [-0.2, -0.15) is 0 Å². The molecule has 0 aromatic rings. The molecule has 0 bridgehead atoms.